The number of carbonyl (C=O) groups excluding carboxylic acids is 1. The van der Waals surface area contributed by atoms with Crippen molar-refractivity contribution in [3.8, 4) is 11.5 Å². The lowest BCUT2D eigenvalue weighted by molar-refractivity contribution is 0.251. The summed E-state index contributed by atoms with van der Waals surface area (Å²) in [6, 6.07) is 7.54. The molecule has 2 amide bonds. The van der Waals surface area contributed by atoms with Gasteiger partial charge in [-0.1, -0.05) is 6.07 Å². The van der Waals surface area contributed by atoms with Crippen LogP contribution in [-0.4, -0.2) is 21.2 Å². The number of carbonyl (C=O) groups is 1. The van der Waals surface area contributed by atoms with Crippen molar-refractivity contribution in [1.29, 1.82) is 0 Å². The highest BCUT2D eigenvalue weighted by atomic mass is 16.3. The van der Waals surface area contributed by atoms with E-state index >= 15 is 0 Å². The van der Waals surface area contributed by atoms with Crippen molar-refractivity contribution in [1.82, 2.24) is 10.3 Å². The molecule has 0 bridgehead atoms. The zero-order valence-electron chi connectivity index (χ0n) is 12.0. The van der Waals surface area contributed by atoms with Crippen molar-refractivity contribution in [3.05, 3.63) is 47.2 Å². The van der Waals surface area contributed by atoms with Crippen LogP contribution in [0.4, 0.5) is 10.6 Å². The number of amides is 2. The molecular formula is C16H17N3O3. The Balaban J connectivity index is 1.59. The van der Waals surface area contributed by atoms with Crippen LogP contribution in [0.15, 0.2) is 30.3 Å². The molecule has 114 valence electrons. The molecule has 1 aliphatic rings. The van der Waals surface area contributed by atoms with E-state index < -0.39 is 6.03 Å². The minimum absolute atomic E-state index is 0.0220. The van der Waals surface area contributed by atoms with Gasteiger partial charge in [0.15, 0.2) is 0 Å². The van der Waals surface area contributed by atoms with Crippen LogP contribution in [0, 0.1) is 0 Å². The van der Waals surface area contributed by atoms with Gasteiger partial charge < -0.3 is 15.5 Å². The van der Waals surface area contributed by atoms with Gasteiger partial charge in [0.1, 0.15) is 17.3 Å². The summed E-state index contributed by atoms with van der Waals surface area (Å²) in [5.41, 5.74) is 2.73. The maximum atomic E-state index is 11.9. The summed E-state index contributed by atoms with van der Waals surface area (Å²) in [4.78, 5) is 16.3. The van der Waals surface area contributed by atoms with Gasteiger partial charge in [0.05, 0.1) is 0 Å². The van der Waals surface area contributed by atoms with Gasteiger partial charge in [0.2, 0.25) is 0 Å². The van der Waals surface area contributed by atoms with Gasteiger partial charge in [0, 0.05) is 17.8 Å². The van der Waals surface area contributed by atoms with Crippen LogP contribution in [-0.2, 0) is 19.4 Å². The molecule has 0 fully saturated rings. The average Bonchev–Trinajstić information content (AvgIpc) is 2.96. The molecule has 0 saturated heterocycles. The van der Waals surface area contributed by atoms with Gasteiger partial charge in [-0.05, 0) is 49.1 Å². The van der Waals surface area contributed by atoms with Crippen LogP contribution in [0.25, 0.3) is 0 Å². The Morgan fingerprint density at radius 3 is 2.91 bits per heavy atom. The number of aromatic hydroxyl groups is 2. The number of nitrogens with one attached hydrogen (secondary N) is 2. The summed E-state index contributed by atoms with van der Waals surface area (Å²) in [6.07, 6.45) is 3.10. The molecule has 1 aromatic heterocycles. The smallest absolute Gasteiger partial charge is 0.320 e. The highest BCUT2D eigenvalue weighted by molar-refractivity contribution is 5.88. The average molecular weight is 299 g/mol. The first kappa shape index (κ1) is 14.2. The number of aromatic nitrogens is 1. The second kappa shape index (κ2) is 5.93. The van der Waals surface area contributed by atoms with Gasteiger partial charge in [0.25, 0.3) is 0 Å². The number of phenolic OH excluding ortho intramolecular Hbond substituents is 2. The topological polar surface area (TPSA) is 94.5 Å². The third kappa shape index (κ3) is 3.11. The SMILES string of the molecule is O=C(NCc1cc(O)ccc1O)Nc1ccc2c(n1)CCC2. The highest BCUT2D eigenvalue weighted by Gasteiger charge is 2.13. The number of phenols is 2. The molecule has 6 heteroatoms. The molecule has 0 unspecified atom stereocenters. The molecule has 1 heterocycles. The van der Waals surface area contributed by atoms with Crippen molar-refractivity contribution in [3.63, 3.8) is 0 Å². The number of hydrogen-bond acceptors (Lipinski definition) is 4. The monoisotopic (exact) mass is 299 g/mol. The second-order valence-corrected chi connectivity index (χ2v) is 5.28. The van der Waals surface area contributed by atoms with E-state index in [1.807, 2.05) is 6.07 Å². The van der Waals surface area contributed by atoms with E-state index in [0.717, 1.165) is 25.0 Å². The lowest BCUT2D eigenvalue weighted by Crippen LogP contribution is -2.28. The fraction of sp³-hybridized carbons (Fsp3) is 0.250. The van der Waals surface area contributed by atoms with Crippen molar-refractivity contribution in [2.45, 2.75) is 25.8 Å². The van der Waals surface area contributed by atoms with Crippen LogP contribution < -0.4 is 10.6 Å². The molecule has 0 aliphatic heterocycles. The van der Waals surface area contributed by atoms with Crippen LogP contribution in [0.5, 0.6) is 11.5 Å². The van der Waals surface area contributed by atoms with Crippen LogP contribution in [0.1, 0.15) is 23.2 Å². The van der Waals surface area contributed by atoms with Crippen molar-refractivity contribution in [2.24, 2.45) is 0 Å². The van der Waals surface area contributed by atoms with Gasteiger partial charge >= 0.3 is 6.03 Å². The summed E-state index contributed by atoms with van der Waals surface area (Å²) >= 11 is 0. The number of anilines is 1. The third-order valence-electron chi connectivity index (χ3n) is 3.67. The zero-order valence-corrected chi connectivity index (χ0v) is 12.0. The van der Waals surface area contributed by atoms with E-state index in [0.29, 0.717) is 11.4 Å². The Morgan fingerprint density at radius 1 is 1.18 bits per heavy atom. The summed E-state index contributed by atoms with van der Waals surface area (Å²) in [5.74, 6) is 0.572. The number of nitrogens with zero attached hydrogens (tertiary/aromatic N) is 1. The highest BCUT2D eigenvalue weighted by Crippen LogP contribution is 2.22. The number of rotatable bonds is 3. The van der Waals surface area contributed by atoms with E-state index in [-0.39, 0.29) is 18.0 Å². The van der Waals surface area contributed by atoms with E-state index in [4.69, 9.17) is 0 Å². The Hall–Kier alpha value is -2.76. The zero-order chi connectivity index (χ0) is 15.5. The minimum atomic E-state index is -0.409. The number of hydrogen-bond donors (Lipinski definition) is 4. The van der Waals surface area contributed by atoms with Gasteiger partial charge in [-0.25, -0.2) is 9.78 Å². The van der Waals surface area contributed by atoms with Crippen molar-refractivity contribution >= 4 is 11.8 Å². The Kier molecular flexibility index (Phi) is 3.82. The van der Waals surface area contributed by atoms with E-state index in [1.54, 1.807) is 6.07 Å². The van der Waals surface area contributed by atoms with Gasteiger partial charge in [-0.15, -0.1) is 0 Å². The molecule has 0 spiro atoms. The van der Waals surface area contributed by atoms with Crippen molar-refractivity contribution < 1.29 is 15.0 Å². The summed E-state index contributed by atoms with van der Waals surface area (Å²) in [6.45, 7) is 0.108. The predicted molar refractivity (Wildman–Crippen MR) is 81.9 cm³/mol. The van der Waals surface area contributed by atoms with Crippen LogP contribution in [0.2, 0.25) is 0 Å². The summed E-state index contributed by atoms with van der Waals surface area (Å²) in [5, 5.41) is 24.3. The fourth-order valence-corrected chi connectivity index (χ4v) is 2.54. The number of fused-ring (bicyclic) bond motifs is 1. The predicted octanol–water partition coefficient (Wildman–Crippen LogP) is 2.30. The normalized spacial score (nSPS) is 12.7. The number of urea groups is 1. The van der Waals surface area contributed by atoms with Crippen LogP contribution in [0.3, 0.4) is 0 Å². The summed E-state index contributed by atoms with van der Waals surface area (Å²) < 4.78 is 0. The number of benzene rings is 1. The van der Waals surface area contributed by atoms with E-state index in [9.17, 15) is 15.0 Å². The second-order valence-electron chi connectivity index (χ2n) is 5.28. The maximum absolute atomic E-state index is 11.9. The number of aryl methyl sites for hydroxylation is 2. The molecule has 0 atom stereocenters. The lowest BCUT2D eigenvalue weighted by atomic mass is 10.2. The minimum Gasteiger partial charge on any atom is -0.508 e. The van der Waals surface area contributed by atoms with E-state index in [2.05, 4.69) is 15.6 Å². The van der Waals surface area contributed by atoms with Gasteiger partial charge in [-0.3, -0.25) is 5.32 Å². The molecule has 1 aromatic carbocycles. The molecule has 0 radical (unpaired) electrons. The molecular weight excluding hydrogens is 282 g/mol. The molecule has 6 nitrogen and oxygen atoms in total. The molecule has 1 aliphatic carbocycles. The van der Waals surface area contributed by atoms with E-state index in [1.165, 1.54) is 23.8 Å². The molecule has 0 saturated carbocycles. The Labute approximate surface area is 127 Å². The largest absolute Gasteiger partial charge is 0.508 e. The van der Waals surface area contributed by atoms with Crippen LogP contribution >= 0.6 is 0 Å². The van der Waals surface area contributed by atoms with Crippen molar-refractivity contribution in [2.75, 3.05) is 5.32 Å². The number of pyridine rings is 1. The first-order valence-electron chi connectivity index (χ1n) is 7.16. The molecule has 4 N–H and O–H groups in total. The first-order valence-corrected chi connectivity index (χ1v) is 7.16. The molecule has 3 rings (SSSR count). The standard InChI is InChI=1S/C16H17N3O3/c20-12-5-6-14(21)11(8-12)9-17-16(22)19-15-7-4-10-2-1-3-13(10)18-15/h4-8,20-21H,1-3,9H2,(H2,17,18,19,22). The van der Waals surface area contributed by atoms with Gasteiger partial charge in [-0.2, -0.15) is 0 Å². The molecule has 22 heavy (non-hydrogen) atoms. The third-order valence-corrected chi connectivity index (χ3v) is 3.67. The summed E-state index contributed by atoms with van der Waals surface area (Å²) in [7, 11) is 0. The first-order chi connectivity index (χ1) is 10.6. The lowest BCUT2D eigenvalue weighted by Gasteiger charge is -2.09. The Bertz CT molecular complexity index is 716. The molecule has 2 aromatic rings. The Morgan fingerprint density at radius 2 is 2.05 bits per heavy atom. The quantitative estimate of drug-likeness (QED) is 0.654. The fourth-order valence-electron chi connectivity index (χ4n) is 2.54. The maximum Gasteiger partial charge on any atom is 0.320 e.